The first-order valence-corrected chi connectivity index (χ1v) is 4.92. The van der Waals surface area contributed by atoms with Crippen molar-refractivity contribution < 1.29 is 5.11 Å². The van der Waals surface area contributed by atoms with Crippen LogP contribution in [-0.4, -0.2) is 11.7 Å². The summed E-state index contributed by atoms with van der Waals surface area (Å²) in [5.41, 5.74) is 1.70. The van der Waals surface area contributed by atoms with Crippen LogP contribution in [0.1, 0.15) is 40.5 Å². The fraction of sp³-hybridized carbons (Fsp3) is 0.667. The van der Waals surface area contributed by atoms with Gasteiger partial charge in [-0.1, -0.05) is 44.6 Å². The number of rotatable bonds is 4. The van der Waals surface area contributed by atoms with Gasteiger partial charge in [0.15, 0.2) is 0 Å². The minimum absolute atomic E-state index is 0.132. The molecule has 0 aliphatic heterocycles. The van der Waals surface area contributed by atoms with E-state index >= 15 is 0 Å². The van der Waals surface area contributed by atoms with Gasteiger partial charge in [-0.3, -0.25) is 0 Å². The zero-order valence-electron chi connectivity index (χ0n) is 9.30. The molecule has 0 saturated heterocycles. The molecule has 0 amide bonds. The first-order valence-electron chi connectivity index (χ1n) is 4.92. The maximum Gasteiger partial charge on any atom is 0.0615 e. The van der Waals surface area contributed by atoms with E-state index in [1.807, 2.05) is 13.0 Å². The van der Waals surface area contributed by atoms with Crippen LogP contribution in [0.15, 0.2) is 23.8 Å². The molecule has 0 aromatic heterocycles. The lowest BCUT2D eigenvalue weighted by molar-refractivity contribution is 0.342. The van der Waals surface area contributed by atoms with Crippen LogP contribution >= 0.6 is 0 Å². The summed E-state index contributed by atoms with van der Waals surface area (Å²) in [6, 6.07) is 0. The van der Waals surface area contributed by atoms with Crippen molar-refractivity contribution >= 4 is 0 Å². The lowest BCUT2D eigenvalue weighted by Crippen LogP contribution is -2.04. The molecule has 0 unspecified atom stereocenters. The Morgan fingerprint density at radius 1 is 1.31 bits per heavy atom. The quantitative estimate of drug-likeness (QED) is 0.661. The molecular weight excluding hydrogens is 160 g/mol. The zero-order valence-corrected chi connectivity index (χ0v) is 9.30. The van der Waals surface area contributed by atoms with Crippen molar-refractivity contribution in [2.45, 2.75) is 40.5 Å². The molecule has 0 spiro atoms. The fourth-order valence-electron chi connectivity index (χ4n) is 1.05. The second-order valence-corrected chi connectivity index (χ2v) is 4.51. The summed E-state index contributed by atoms with van der Waals surface area (Å²) in [5, 5.41) is 8.62. The Balaban J connectivity index is 3.95. The smallest absolute Gasteiger partial charge is 0.0615 e. The SMILES string of the molecule is C/C=C(\C=C/CO)CCC(C)(C)C. The molecule has 0 bridgehead atoms. The maximum absolute atomic E-state index is 8.62. The largest absolute Gasteiger partial charge is 0.392 e. The molecule has 0 heterocycles. The van der Waals surface area contributed by atoms with Gasteiger partial charge in [-0.15, -0.1) is 0 Å². The van der Waals surface area contributed by atoms with E-state index in [1.165, 1.54) is 12.0 Å². The Morgan fingerprint density at radius 2 is 1.92 bits per heavy atom. The van der Waals surface area contributed by atoms with E-state index < -0.39 is 0 Å². The van der Waals surface area contributed by atoms with Crippen LogP contribution in [-0.2, 0) is 0 Å². The summed E-state index contributed by atoms with van der Waals surface area (Å²) in [5.74, 6) is 0. The summed E-state index contributed by atoms with van der Waals surface area (Å²) in [6.07, 6.45) is 8.18. The van der Waals surface area contributed by atoms with Gasteiger partial charge in [0, 0.05) is 0 Å². The van der Waals surface area contributed by atoms with Crippen LogP contribution < -0.4 is 0 Å². The average Bonchev–Trinajstić information content (AvgIpc) is 2.03. The van der Waals surface area contributed by atoms with Crippen molar-refractivity contribution in [3.05, 3.63) is 23.8 Å². The molecule has 0 rings (SSSR count). The Hall–Kier alpha value is -0.560. The molecular formula is C12H22O. The molecule has 76 valence electrons. The zero-order chi connectivity index (χ0) is 10.3. The van der Waals surface area contributed by atoms with Gasteiger partial charge in [-0.25, -0.2) is 0 Å². The highest BCUT2D eigenvalue weighted by atomic mass is 16.2. The van der Waals surface area contributed by atoms with Gasteiger partial charge in [-0.2, -0.15) is 0 Å². The number of hydrogen-bond donors (Lipinski definition) is 1. The second kappa shape index (κ2) is 5.98. The van der Waals surface area contributed by atoms with E-state index in [0.29, 0.717) is 5.41 Å². The van der Waals surface area contributed by atoms with Crippen molar-refractivity contribution in [2.75, 3.05) is 6.61 Å². The third-order valence-corrected chi connectivity index (χ3v) is 1.97. The van der Waals surface area contributed by atoms with Crippen LogP contribution in [0.2, 0.25) is 0 Å². The molecule has 0 aliphatic carbocycles. The van der Waals surface area contributed by atoms with E-state index in [-0.39, 0.29) is 6.61 Å². The minimum Gasteiger partial charge on any atom is -0.392 e. The third kappa shape index (κ3) is 7.79. The molecule has 0 aromatic carbocycles. The average molecular weight is 182 g/mol. The monoisotopic (exact) mass is 182 g/mol. The fourth-order valence-corrected chi connectivity index (χ4v) is 1.05. The Morgan fingerprint density at radius 3 is 2.31 bits per heavy atom. The minimum atomic E-state index is 0.132. The molecule has 13 heavy (non-hydrogen) atoms. The first-order chi connectivity index (χ1) is 5.99. The molecule has 0 atom stereocenters. The Labute approximate surface area is 82.2 Å². The Bertz CT molecular complexity index is 182. The first kappa shape index (κ1) is 12.4. The summed E-state index contributed by atoms with van der Waals surface area (Å²) in [6.45, 7) is 8.91. The van der Waals surface area contributed by atoms with Gasteiger partial charge in [0.25, 0.3) is 0 Å². The van der Waals surface area contributed by atoms with Gasteiger partial charge < -0.3 is 5.11 Å². The normalized spacial score (nSPS) is 14.1. The van der Waals surface area contributed by atoms with Crippen LogP contribution in [0, 0.1) is 5.41 Å². The van der Waals surface area contributed by atoms with E-state index in [0.717, 1.165) is 6.42 Å². The molecule has 1 nitrogen and oxygen atoms in total. The second-order valence-electron chi connectivity index (χ2n) is 4.51. The van der Waals surface area contributed by atoms with Gasteiger partial charge in [0.1, 0.15) is 0 Å². The molecule has 0 aliphatic rings. The van der Waals surface area contributed by atoms with Crippen molar-refractivity contribution in [1.29, 1.82) is 0 Å². The van der Waals surface area contributed by atoms with Crippen molar-refractivity contribution in [3.63, 3.8) is 0 Å². The number of allylic oxidation sites excluding steroid dienone is 3. The van der Waals surface area contributed by atoms with Crippen molar-refractivity contribution in [2.24, 2.45) is 5.41 Å². The highest BCUT2D eigenvalue weighted by Crippen LogP contribution is 2.23. The number of aliphatic hydroxyl groups is 1. The van der Waals surface area contributed by atoms with Crippen LogP contribution in [0.25, 0.3) is 0 Å². The summed E-state index contributed by atoms with van der Waals surface area (Å²) in [7, 11) is 0. The standard InChI is InChI=1S/C12H22O/c1-5-11(7-6-10-13)8-9-12(2,3)4/h5-7,13H,8-10H2,1-4H3/b7-6-,11-5+. The molecule has 1 N–H and O–H groups in total. The number of aliphatic hydroxyl groups excluding tert-OH is 1. The summed E-state index contributed by atoms with van der Waals surface area (Å²) < 4.78 is 0. The summed E-state index contributed by atoms with van der Waals surface area (Å²) in [4.78, 5) is 0. The molecule has 1 heteroatoms. The maximum atomic E-state index is 8.62. The lowest BCUT2D eigenvalue weighted by atomic mass is 9.88. The predicted molar refractivity (Wildman–Crippen MR) is 58.7 cm³/mol. The van der Waals surface area contributed by atoms with E-state index in [1.54, 1.807) is 6.08 Å². The topological polar surface area (TPSA) is 20.2 Å². The van der Waals surface area contributed by atoms with Crippen LogP contribution in [0.5, 0.6) is 0 Å². The molecule has 0 aromatic rings. The third-order valence-electron chi connectivity index (χ3n) is 1.97. The van der Waals surface area contributed by atoms with E-state index in [4.69, 9.17) is 5.11 Å². The molecule has 0 saturated carbocycles. The molecule has 0 radical (unpaired) electrons. The van der Waals surface area contributed by atoms with Crippen LogP contribution in [0.3, 0.4) is 0 Å². The Kier molecular flexibility index (Phi) is 5.72. The van der Waals surface area contributed by atoms with Crippen LogP contribution in [0.4, 0.5) is 0 Å². The lowest BCUT2D eigenvalue weighted by Gasteiger charge is -2.17. The van der Waals surface area contributed by atoms with Gasteiger partial charge in [0.05, 0.1) is 6.61 Å². The highest BCUT2D eigenvalue weighted by molar-refractivity contribution is 5.17. The van der Waals surface area contributed by atoms with Gasteiger partial charge in [0.2, 0.25) is 0 Å². The van der Waals surface area contributed by atoms with Gasteiger partial charge in [-0.05, 0) is 25.2 Å². The van der Waals surface area contributed by atoms with E-state index in [2.05, 4.69) is 26.8 Å². The highest BCUT2D eigenvalue weighted by Gasteiger charge is 2.09. The predicted octanol–water partition coefficient (Wildman–Crippen LogP) is 3.31. The van der Waals surface area contributed by atoms with Gasteiger partial charge >= 0.3 is 0 Å². The molecule has 0 fully saturated rings. The summed E-state index contributed by atoms with van der Waals surface area (Å²) >= 11 is 0. The number of hydrogen-bond acceptors (Lipinski definition) is 1. The van der Waals surface area contributed by atoms with E-state index in [9.17, 15) is 0 Å². The van der Waals surface area contributed by atoms with Crippen molar-refractivity contribution in [3.8, 4) is 0 Å². The van der Waals surface area contributed by atoms with Crippen molar-refractivity contribution in [1.82, 2.24) is 0 Å².